The van der Waals surface area contributed by atoms with Crippen molar-refractivity contribution in [1.82, 2.24) is 29.6 Å². The maximum atomic E-state index is 13.2. The van der Waals surface area contributed by atoms with Crippen LogP contribution in [0.1, 0.15) is 37.1 Å². The minimum absolute atomic E-state index is 0.134. The van der Waals surface area contributed by atoms with E-state index in [9.17, 15) is 9.18 Å². The molecule has 10 heteroatoms. The number of anilines is 1. The van der Waals surface area contributed by atoms with Crippen LogP contribution in [-0.4, -0.2) is 61.7 Å². The van der Waals surface area contributed by atoms with E-state index in [1.54, 1.807) is 46.4 Å². The first-order valence-corrected chi connectivity index (χ1v) is 11.4. The van der Waals surface area contributed by atoms with Gasteiger partial charge in [-0.15, -0.1) is 0 Å². The minimum Gasteiger partial charge on any atom is -0.368 e. The first kappa shape index (κ1) is 22.7. The van der Waals surface area contributed by atoms with Crippen LogP contribution in [0, 0.1) is 5.82 Å². The van der Waals surface area contributed by atoms with Gasteiger partial charge in [0.25, 0.3) is 11.8 Å². The maximum absolute atomic E-state index is 13.2. The third-order valence-electron chi connectivity index (χ3n) is 5.91. The molecule has 0 atom stereocenters. The number of nitrogens with zero attached hydrogens (tertiary/aromatic N) is 7. The second-order valence-electron chi connectivity index (χ2n) is 9.50. The van der Waals surface area contributed by atoms with E-state index in [0.717, 1.165) is 11.3 Å². The van der Waals surface area contributed by atoms with Gasteiger partial charge in [-0.05, 0) is 36.4 Å². The zero-order valence-corrected chi connectivity index (χ0v) is 19.8. The highest BCUT2D eigenvalue weighted by Crippen LogP contribution is 2.24. The Labute approximate surface area is 202 Å². The van der Waals surface area contributed by atoms with Gasteiger partial charge in [0.05, 0.1) is 0 Å². The molecule has 4 heterocycles. The van der Waals surface area contributed by atoms with Gasteiger partial charge >= 0.3 is 0 Å². The lowest BCUT2D eigenvalue weighted by Gasteiger charge is -2.35. The summed E-state index contributed by atoms with van der Waals surface area (Å²) >= 11 is 0. The third-order valence-corrected chi connectivity index (χ3v) is 5.91. The van der Waals surface area contributed by atoms with Crippen LogP contribution < -0.4 is 4.90 Å². The average Bonchev–Trinajstić information content (AvgIpc) is 3.55. The zero-order chi connectivity index (χ0) is 24.6. The van der Waals surface area contributed by atoms with Crippen molar-refractivity contribution in [3.05, 3.63) is 72.5 Å². The van der Waals surface area contributed by atoms with Crippen molar-refractivity contribution in [2.24, 2.45) is 0 Å². The summed E-state index contributed by atoms with van der Waals surface area (Å²) < 4.78 is 20.3. The second-order valence-corrected chi connectivity index (χ2v) is 9.50. The summed E-state index contributed by atoms with van der Waals surface area (Å²) in [6, 6.07) is 10.0. The van der Waals surface area contributed by atoms with E-state index >= 15 is 0 Å². The summed E-state index contributed by atoms with van der Waals surface area (Å²) in [5, 5.41) is 4.08. The quantitative estimate of drug-likeness (QED) is 0.444. The van der Waals surface area contributed by atoms with Crippen LogP contribution in [0.2, 0.25) is 0 Å². The van der Waals surface area contributed by atoms with E-state index in [1.165, 1.54) is 12.1 Å². The molecule has 1 amide bonds. The average molecular weight is 476 g/mol. The van der Waals surface area contributed by atoms with Crippen molar-refractivity contribution in [2.45, 2.75) is 26.2 Å². The van der Waals surface area contributed by atoms with Crippen LogP contribution in [0.25, 0.3) is 17.3 Å². The van der Waals surface area contributed by atoms with E-state index in [-0.39, 0.29) is 17.1 Å². The van der Waals surface area contributed by atoms with Crippen molar-refractivity contribution in [3.8, 4) is 17.3 Å². The van der Waals surface area contributed by atoms with Crippen LogP contribution in [0.15, 0.2) is 59.6 Å². The Hall–Kier alpha value is -4.08. The number of piperazine rings is 1. The number of carbonyl (C=O) groups excluding carboxylic acids is 1. The van der Waals surface area contributed by atoms with Gasteiger partial charge in [-0.3, -0.25) is 9.36 Å². The highest BCUT2D eigenvalue weighted by Gasteiger charge is 2.25. The lowest BCUT2D eigenvalue weighted by atomic mass is 9.96. The van der Waals surface area contributed by atoms with Crippen LogP contribution >= 0.6 is 0 Å². The van der Waals surface area contributed by atoms with Crippen LogP contribution in [0.4, 0.5) is 10.1 Å². The standard InChI is InChI=1S/C25H26FN7O2/c1-25(2,3)24-29-22(35-30-24)17-8-9-27-21(14-17)33-15-20(28-16-33)23(34)32-12-10-31(11-13-32)19-6-4-18(26)5-7-19/h4-9,14-16H,10-13H2,1-3H3. The van der Waals surface area contributed by atoms with Gasteiger partial charge in [0.1, 0.15) is 23.7 Å². The molecule has 5 rings (SSSR count). The number of rotatable bonds is 4. The van der Waals surface area contributed by atoms with Gasteiger partial charge in [-0.1, -0.05) is 25.9 Å². The summed E-state index contributed by atoms with van der Waals surface area (Å²) in [6.07, 6.45) is 4.90. The number of carbonyl (C=O) groups is 1. The van der Waals surface area contributed by atoms with Crippen molar-refractivity contribution in [2.75, 3.05) is 31.1 Å². The molecule has 0 spiro atoms. The highest BCUT2D eigenvalue weighted by molar-refractivity contribution is 5.92. The summed E-state index contributed by atoms with van der Waals surface area (Å²) in [4.78, 5) is 30.2. The molecule has 0 N–H and O–H groups in total. The Kier molecular flexibility index (Phi) is 5.80. The van der Waals surface area contributed by atoms with Crippen LogP contribution in [0.5, 0.6) is 0 Å². The zero-order valence-electron chi connectivity index (χ0n) is 19.8. The van der Waals surface area contributed by atoms with E-state index in [2.05, 4.69) is 25.0 Å². The fraction of sp³-hybridized carbons (Fsp3) is 0.320. The van der Waals surface area contributed by atoms with Gasteiger partial charge in [-0.2, -0.15) is 4.98 Å². The number of benzene rings is 1. The van der Waals surface area contributed by atoms with Gasteiger partial charge < -0.3 is 14.3 Å². The largest absolute Gasteiger partial charge is 0.368 e. The molecule has 0 saturated carbocycles. The Morgan fingerprint density at radius 2 is 1.77 bits per heavy atom. The molecule has 1 saturated heterocycles. The monoisotopic (exact) mass is 475 g/mol. The highest BCUT2D eigenvalue weighted by atomic mass is 19.1. The molecule has 9 nitrogen and oxygen atoms in total. The predicted molar refractivity (Wildman–Crippen MR) is 128 cm³/mol. The molecule has 35 heavy (non-hydrogen) atoms. The fourth-order valence-electron chi connectivity index (χ4n) is 3.88. The Bertz CT molecular complexity index is 1330. The van der Waals surface area contributed by atoms with Gasteiger partial charge in [0.2, 0.25) is 0 Å². The first-order valence-electron chi connectivity index (χ1n) is 11.4. The molecule has 1 aliphatic heterocycles. The summed E-state index contributed by atoms with van der Waals surface area (Å²) in [6.45, 7) is 8.52. The lowest BCUT2D eigenvalue weighted by Crippen LogP contribution is -2.48. The number of aromatic nitrogens is 5. The SMILES string of the molecule is CC(C)(C)c1noc(-c2ccnc(-n3cnc(C(=O)N4CCN(c5ccc(F)cc5)CC4)c3)c2)n1. The molecule has 0 radical (unpaired) electrons. The molecule has 0 bridgehead atoms. The Morgan fingerprint density at radius 3 is 2.46 bits per heavy atom. The minimum atomic E-state index is -0.259. The molecule has 4 aromatic rings. The topological polar surface area (TPSA) is 93.2 Å². The third kappa shape index (κ3) is 4.77. The summed E-state index contributed by atoms with van der Waals surface area (Å²) in [7, 11) is 0. The van der Waals surface area contributed by atoms with Gasteiger partial charge in [0, 0.05) is 55.2 Å². The Morgan fingerprint density at radius 1 is 1.03 bits per heavy atom. The number of hydrogen-bond acceptors (Lipinski definition) is 7. The van der Waals surface area contributed by atoms with E-state index in [0.29, 0.717) is 49.4 Å². The van der Waals surface area contributed by atoms with E-state index in [4.69, 9.17) is 4.52 Å². The van der Waals surface area contributed by atoms with Crippen molar-refractivity contribution in [1.29, 1.82) is 0 Å². The molecule has 1 aliphatic rings. The molecule has 1 fully saturated rings. The summed E-state index contributed by atoms with van der Waals surface area (Å²) in [5.41, 5.74) is 1.81. The molecular weight excluding hydrogens is 449 g/mol. The number of imidazole rings is 1. The fourth-order valence-corrected chi connectivity index (χ4v) is 3.88. The van der Waals surface area contributed by atoms with Gasteiger partial charge in [0.15, 0.2) is 5.82 Å². The molecule has 0 unspecified atom stereocenters. The van der Waals surface area contributed by atoms with Crippen LogP contribution in [0.3, 0.4) is 0 Å². The maximum Gasteiger partial charge on any atom is 0.274 e. The van der Waals surface area contributed by atoms with Crippen molar-refractivity contribution < 1.29 is 13.7 Å². The molecule has 1 aromatic carbocycles. The normalized spacial score (nSPS) is 14.4. The summed E-state index contributed by atoms with van der Waals surface area (Å²) in [5.74, 6) is 1.23. The number of hydrogen-bond donors (Lipinski definition) is 0. The van der Waals surface area contributed by atoms with E-state index < -0.39 is 0 Å². The number of halogens is 1. The second kappa shape index (κ2) is 8.94. The molecule has 3 aromatic heterocycles. The first-order chi connectivity index (χ1) is 16.8. The van der Waals surface area contributed by atoms with Crippen molar-refractivity contribution >= 4 is 11.6 Å². The predicted octanol–water partition coefficient (Wildman–Crippen LogP) is 3.72. The molecular formula is C25H26FN7O2. The van der Waals surface area contributed by atoms with E-state index in [1.807, 2.05) is 26.8 Å². The lowest BCUT2D eigenvalue weighted by molar-refractivity contribution is 0.0741. The Balaban J connectivity index is 1.27. The molecule has 0 aliphatic carbocycles. The van der Waals surface area contributed by atoms with Crippen LogP contribution in [-0.2, 0) is 5.41 Å². The molecule has 180 valence electrons. The smallest absolute Gasteiger partial charge is 0.274 e. The number of pyridine rings is 1. The number of amides is 1. The van der Waals surface area contributed by atoms with Gasteiger partial charge in [-0.25, -0.2) is 14.4 Å². The van der Waals surface area contributed by atoms with Crippen molar-refractivity contribution in [3.63, 3.8) is 0 Å².